The molecule has 1 fully saturated rings. The first-order chi connectivity index (χ1) is 15.0. The first-order valence-corrected chi connectivity index (χ1v) is 10.1. The smallest absolute Gasteiger partial charge is 0.201 e. The normalized spacial score (nSPS) is 18.2. The Morgan fingerprint density at radius 2 is 1.87 bits per heavy atom. The summed E-state index contributed by atoms with van der Waals surface area (Å²) in [6, 6.07) is 13.6. The predicted octanol–water partition coefficient (Wildman–Crippen LogP) is 4.67. The van der Waals surface area contributed by atoms with Crippen molar-refractivity contribution < 1.29 is 13.5 Å². The monoisotopic (exact) mass is 421 g/mol. The van der Waals surface area contributed by atoms with E-state index in [9.17, 15) is 8.78 Å². The van der Waals surface area contributed by atoms with Gasteiger partial charge in [-0.1, -0.05) is 6.07 Å². The van der Waals surface area contributed by atoms with Gasteiger partial charge in [-0.25, -0.2) is 9.37 Å². The van der Waals surface area contributed by atoms with E-state index in [4.69, 9.17) is 15.6 Å². The first kappa shape index (κ1) is 19.4. The minimum atomic E-state index is -1.02. The van der Waals surface area contributed by atoms with Gasteiger partial charge < -0.3 is 15.8 Å². The number of nitrogens with zero attached hydrogens (tertiary/aromatic N) is 3. The molecular weight excluding hydrogens is 400 g/mol. The molecule has 2 aromatic heterocycles. The van der Waals surface area contributed by atoms with Crippen molar-refractivity contribution >= 4 is 16.7 Å². The van der Waals surface area contributed by atoms with Crippen molar-refractivity contribution in [3.63, 3.8) is 0 Å². The Hall–Kier alpha value is -3.52. The molecule has 31 heavy (non-hydrogen) atoms. The van der Waals surface area contributed by atoms with E-state index in [0.717, 1.165) is 41.1 Å². The maximum atomic E-state index is 13.9. The van der Waals surface area contributed by atoms with Crippen LogP contribution in [0.3, 0.4) is 0 Å². The molecule has 158 valence electrons. The number of halogens is 2. The average molecular weight is 421 g/mol. The van der Waals surface area contributed by atoms with Gasteiger partial charge >= 0.3 is 0 Å². The van der Waals surface area contributed by atoms with Crippen molar-refractivity contribution in [3.8, 4) is 22.8 Å². The van der Waals surface area contributed by atoms with Gasteiger partial charge in [-0.05, 0) is 62.4 Å². The van der Waals surface area contributed by atoms with Gasteiger partial charge in [0.2, 0.25) is 5.82 Å². The molecule has 4 aromatic rings. The van der Waals surface area contributed by atoms with E-state index < -0.39 is 11.6 Å². The van der Waals surface area contributed by atoms with E-state index in [1.165, 1.54) is 12.1 Å². The largest absolute Gasteiger partial charge is 0.454 e. The standard InChI is InChI=1S/C23H21F2N5O/c1-27-14-11-15(12-14)30-18-9-10-28-23(26)20(18)22(29-30)13-5-7-16(8-6-13)31-19-4-2-3-17(24)21(19)25/h2-10,14-15,27H,11-12H2,1H3,(H2,26,28). The van der Waals surface area contributed by atoms with Crippen LogP contribution in [0.25, 0.3) is 22.2 Å². The lowest BCUT2D eigenvalue weighted by Crippen LogP contribution is -2.40. The molecule has 2 aromatic carbocycles. The quantitative estimate of drug-likeness (QED) is 0.490. The average Bonchev–Trinajstić information content (AvgIpc) is 3.12. The molecule has 3 N–H and O–H groups in total. The number of pyridine rings is 1. The van der Waals surface area contributed by atoms with Crippen LogP contribution in [0.5, 0.6) is 11.5 Å². The number of hydrogen-bond donors (Lipinski definition) is 2. The number of nitrogens with one attached hydrogen (secondary N) is 1. The number of fused-ring (bicyclic) bond motifs is 1. The maximum absolute atomic E-state index is 13.9. The van der Waals surface area contributed by atoms with Crippen LogP contribution in [0.2, 0.25) is 0 Å². The number of ether oxygens (including phenoxy) is 1. The summed E-state index contributed by atoms with van der Waals surface area (Å²) in [6.07, 6.45) is 3.69. The summed E-state index contributed by atoms with van der Waals surface area (Å²) in [6.45, 7) is 0. The molecule has 0 radical (unpaired) electrons. The van der Waals surface area contributed by atoms with Crippen molar-refractivity contribution in [3.05, 3.63) is 66.4 Å². The molecule has 1 saturated carbocycles. The van der Waals surface area contributed by atoms with E-state index in [1.807, 2.05) is 29.9 Å². The second-order valence-corrected chi connectivity index (χ2v) is 7.67. The Labute approximate surface area is 177 Å². The summed E-state index contributed by atoms with van der Waals surface area (Å²) in [5.74, 6) is -1.33. The van der Waals surface area contributed by atoms with Gasteiger partial charge in [-0.15, -0.1) is 0 Å². The lowest BCUT2D eigenvalue weighted by atomic mass is 9.87. The van der Waals surface area contributed by atoms with Crippen molar-refractivity contribution in [2.24, 2.45) is 0 Å². The Bertz CT molecular complexity index is 1250. The molecule has 1 aliphatic rings. The molecule has 0 unspecified atom stereocenters. The second kappa shape index (κ2) is 7.63. The molecule has 0 aliphatic heterocycles. The molecule has 0 amide bonds. The summed E-state index contributed by atoms with van der Waals surface area (Å²) < 4.78 is 34.8. The van der Waals surface area contributed by atoms with Gasteiger partial charge in [0.15, 0.2) is 11.6 Å². The highest BCUT2D eigenvalue weighted by Gasteiger charge is 2.32. The molecule has 6 nitrogen and oxygen atoms in total. The number of benzene rings is 2. The third-order valence-corrected chi connectivity index (χ3v) is 5.79. The van der Waals surface area contributed by atoms with Gasteiger partial charge in [-0.2, -0.15) is 9.49 Å². The number of nitrogens with two attached hydrogens (primary N) is 1. The number of aromatic nitrogens is 3. The second-order valence-electron chi connectivity index (χ2n) is 7.67. The van der Waals surface area contributed by atoms with Gasteiger partial charge in [0.25, 0.3) is 0 Å². The van der Waals surface area contributed by atoms with Crippen LogP contribution in [-0.4, -0.2) is 27.9 Å². The molecule has 0 bridgehead atoms. The minimum Gasteiger partial charge on any atom is -0.454 e. The third kappa shape index (κ3) is 3.38. The minimum absolute atomic E-state index is 0.167. The van der Waals surface area contributed by atoms with E-state index in [1.54, 1.807) is 18.3 Å². The van der Waals surface area contributed by atoms with Crippen LogP contribution in [-0.2, 0) is 0 Å². The lowest BCUT2D eigenvalue weighted by Gasteiger charge is -2.35. The Morgan fingerprint density at radius 1 is 1.10 bits per heavy atom. The summed E-state index contributed by atoms with van der Waals surface area (Å²) in [5, 5.41) is 8.97. The van der Waals surface area contributed by atoms with Crippen LogP contribution in [0.1, 0.15) is 18.9 Å². The highest BCUT2D eigenvalue weighted by Crippen LogP contribution is 2.39. The molecule has 8 heteroatoms. The Kier molecular flexibility index (Phi) is 4.78. The highest BCUT2D eigenvalue weighted by molar-refractivity contribution is 6.00. The fraction of sp³-hybridized carbons (Fsp3) is 0.217. The zero-order chi connectivity index (χ0) is 21.5. The van der Waals surface area contributed by atoms with Crippen molar-refractivity contribution in [1.82, 2.24) is 20.1 Å². The van der Waals surface area contributed by atoms with Crippen molar-refractivity contribution in [1.29, 1.82) is 0 Å². The van der Waals surface area contributed by atoms with Crippen molar-refractivity contribution in [2.75, 3.05) is 12.8 Å². The van der Waals surface area contributed by atoms with Crippen LogP contribution < -0.4 is 15.8 Å². The van der Waals surface area contributed by atoms with E-state index in [0.29, 0.717) is 23.7 Å². The summed E-state index contributed by atoms with van der Waals surface area (Å²) in [4.78, 5) is 4.24. The fourth-order valence-electron chi connectivity index (χ4n) is 3.99. The zero-order valence-electron chi connectivity index (χ0n) is 16.8. The molecule has 0 atom stereocenters. The van der Waals surface area contributed by atoms with Crippen LogP contribution in [0, 0.1) is 11.6 Å². The van der Waals surface area contributed by atoms with Crippen LogP contribution in [0.15, 0.2) is 54.7 Å². The van der Waals surface area contributed by atoms with E-state index in [2.05, 4.69) is 10.3 Å². The fourth-order valence-corrected chi connectivity index (χ4v) is 3.99. The highest BCUT2D eigenvalue weighted by atomic mass is 19.2. The molecule has 2 heterocycles. The lowest BCUT2D eigenvalue weighted by molar-refractivity contribution is 0.225. The number of rotatable bonds is 5. The van der Waals surface area contributed by atoms with Gasteiger partial charge in [0, 0.05) is 17.8 Å². The molecule has 1 aliphatic carbocycles. The van der Waals surface area contributed by atoms with Gasteiger partial charge in [-0.3, -0.25) is 4.68 Å². The predicted molar refractivity (Wildman–Crippen MR) is 115 cm³/mol. The van der Waals surface area contributed by atoms with Gasteiger partial charge in [0.05, 0.1) is 16.9 Å². The summed E-state index contributed by atoms with van der Waals surface area (Å²) in [7, 11) is 1.97. The first-order valence-electron chi connectivity index (χ1n) is 10.1. The van der Waals surface area contributed by atoms with E-state index >= 15 is 0 Å². The summed E-state index contributed by atoms with van der Waals surface area (Å²) in [5.41, 5.74) is 8.72. The Morgan fingerprint density at radius 3 is 2.61 bits per heavy atom. The Balaban J connectivity index is 1.49. The van der Waals surface area contributed by atoms with E-state index in [-0.39, 0.29) is 5.75 Å². The number of anilines is 1. The molecular formula is C23H21F2N5O. The third-order valence-electron chi connectivity index (χ3n) is 5.79. The van der Waals surface area contributed by atoms with Crippen LogP contribution >= 0.6 is 0 Å². The molecule has 0 saturated heterocycles. The number of hydrogen-bond acceptors (Lipinski definition) is 5. The zero-order valence-corrected chi connectivity index (χ0v) is 16.8. The topological polar surface area (TPSA) is 78.0 Å². The molecule has 0 spiro atoms. The maximum Gasteiger partial charge on any atom is 0.201 e. The van der Waals surface area contributed by atoms with Crippen LogP contribution in [0.4, 0.5) is 14.6 Å². The summed E-state index contributed by atoms with van der Waals surface area (Å²) >= 11 is 0. The SMILES string of the molecule is CNC1CC(n2nc(-c3ccc(Oc4cccc(F)c4F)cc3)c3c(N)nccc32)C1. The molecule has 5 rings (SSSR count). The van der Waals surface area contributed by atoms with Gasteiger partial charge in [0.1, 0.15) is 17.3 Å². The van der Waals surface area contributed by atoms with Crippen molar-refractivity contribution in [2.45, 2.75) is 24.9 Å². The number of nitrogen functional groups attached to an aromatic ring is 1.